The lowest BCUT2D eigenvalue weighted by molar-refractivity contribution is -0.118. The molecule has 0 aliphatic carbocycles. The highest BCUT2D eigenvalue weighted by atomic mass is 19.1. The number of fused-ring (bicyclic) bond motifs is 1. The summed E-state index contributed by atoms with van der Waals surface area (Å²) >= 11 is 0. The zero-order chi connectivity index (χ0) is 17.8. The maximum Gasteiger partial charge on any atom is 0.262 e. The van der Waals surface area contributed by atoms with Gasteiger partial charge in [-0.05, 0) is 32.0 Å². The van der Waals surface area contributed by atoms with Crippen LogP contribution in [0.4, 0.5) is 10.1 Å². The summed E-state index contributed by atoms with van der Waals surface area (Å²) < 4.78 is 29.8. The van der Waals surface area contributed by atoms with E-state index in [2.05, 4.69) is 5.32 Å². The number of rotatable bonds is 6. The maximum atomic E-state index is 13.1. The average Bonchev–Trinajstić information content (AvgIpc) is 2.92. The van der Waals surface area contributed by atoms with Gasteiger partial charge in [0.1, 0.15) is 29.2 Å². The Hall–Kier alpha value is -2.76. The van der Waals surface area contributed by atoms with E-state index in [-0.39, 0.29) is 18.6 Å². The summed E-state index contributed by atoms with van der Waals surface area (Å²) in [5, 5.41) is 2.76. The van der Waals surface area contributed by atoms with Crippen molar-refractivity contribution in [1.29, 1.82) is 0 Å². The number of hydrogen-bond donors (Lipinski definition) is 1. The smallest absolute Gasteiger partial charge is 0.262 e. The normalized spacial score (nSPS) is 15.2. The van der Waals surface area contributed by atoms with E-state index >= 15 is 0 Å². The molecule has 0 unspecified atom stereocenters. The fourth-order valence-electron chi connectivity index (χ4n) is 2.70. The molecule has 3 rings (SSSR count). The van der Waals surface area contributed by atoms with Gasteiger partial charge in [-0.15, -0.1) is 0 Å². The van der Waals surface area contributed by atoms with Crippen molar-refractivity contribution >= 4 is 11.6 Å². The molecule has 1 N–H and O–H groups in total. The third-order valence-corrected chi connectivity index (χ3v) is 3.74. The molecule has 0 fully saturated rings. The lowest BCUT2D eigenvalue weighted by Crippen LogP contribution is -2.20. The topological polar surface area (TPSA) is 56.8 Å². The van der Waals surface area contributed by atoms with Crippen LogP contribution < -0.4 is 19.5 Å². The van der Waals surface area contributed by atoms with Crippen LogP contribution >= 0.6 is 0 Å². The van der Waals surface area contributed by atoms with Crippen LogP contribution in [0.5, 0.6) is 17.2 Å². The molecule has 5 nitrogen and oxygen atoms in total. The van der Waals surface area contributed by atoms with Crippen molar-refractivity contribution in [1.82, 2.24) is 0 Å². The van der Waals surface area contributed by atoms with Crippen LogP contribution in [-0.4, -0.2) is 25.2 Å². The number of halogens is 1. The number of benzene rings is 2. The molecule has 1 aliphatic rings. The standard InChI is InChI=1S/C19H20FNO4/c1-3-23-18-8-13-7-12(2)25-17(13)10-16(18)21-19(22)11-24-15-6-4-5-14(20)9-15/h4-6,8-10,12H,3,7,11H2,1-2H3,(H,21,22)/t12-/m0/s1. The van der Waals surface area contributed by atoms with E-state index in [0.29, 0.717) is 23.8 Å². The Kier molecular flexibility index (Phi) is 5.07. The van der Waals surface area contributed by atoms with E-state index < -0.39 is 5.82 Å². The number of nitrogens with one attached hydrogen (secondary N) is 1. The molecular weight excluding hydrogens is 325 g/mol. The second-order valence-electron chi connectivity index (χ2n) is 5.82. The van der Waals surface area contributed by atoms with Crippen LogP contribution in [0.2, 0.25) is 0 Å². The average molecular weight is 345 g/mol. The van der Waals surface area contributed by atoms with Crippen LogP contribution in [0.25, 0.3) is 0 Å². The number of carbonyl (C=O) groups is 1. The van der Waals surface area contributed by atoms with Crippen LogP contribution in [0, 0.1) is 5.82 Å². The fraction of sp³-hybridized carbons (Fsp3) is 0.316. The lowest BCUT2D eigenvalue weighted by Gasteiger charge is -2.14. The predicted octanol–water partition coefficient (Wildman–Crippen LogP) is 3.57. The summed E-state index contributed by atoms with van der Waals surface area (Å²) in [7, 11) is 0. The van der Waals surface area contributed by atoms with Crippen LogP contribution in [0.3, 0.4) is 0 Å². The van der Waals surface area contributed by atoms with Gasteiger partial charge < -0.3 is 19.5 Å². The lowest BCUT2D eigenvalue weighted by atomic mass is 10.1. The summed E-state index contributed by atoms with van der Waals surface area (Å²) in [5.41, 5.74) is 1.59. The number of hydrogen-bond acceptors (Lipinski definition) is 4. The Bertz CT molecular complexity index is 778. The van der Waals surface area contributed by atoms with Gasteiger partial charge in [-0.25, -0.2) is 4.39 Å². The highest BCUT2D eigenvalue weighted by molar-refractivity contribution is 5.93. The number of amides is 1. The molecule has 0 saturated carbocycles. The number of carbonyl (C=O) groups excluding carboxylic acids is 1. The molecule has 1 aliphatic heterocycles. The van der Waals surface area contributed by atoms with Gasteiger partial charge in [-0.2, -0.15) is 0 Å². The molecule has 0 bridgehead atoms. The molecule has 0 saturated heterocycles. The second kappa shape index (κ2) is 7.42. The Morgan fingerprint density at radius 1 is 1.32 bits per heavy atom. The van der Waals surface area contributed by atoms with Crippen LogP contribution in [0.15, 0.2) is 36.4 Å². The van der Waals surface area contributed by atoms with Gasteiger partial charge in [0.25, 0.3) is 5.91 Å². The van der Waals surface area contributed by atoms with Crippen molar-refractivity contribution in [3.8, 4) is 17.2 Å². The molecule has 0 radical (unpaired) electrons. The first-order chi connectivity index (χ1) is 12.0. The van der Waals surface area contributed by atoms with Crippen molar-refractivity contribution in [2.75, 3.05) is 18.5 Å². The largest absolute Gasteiger partial charge is 0.492 e. The summed E-state index contributed by atoms with van der Waals surface area (Å²) in [6.07, 6.45) is 0.915. The van der Waals surface area contributed by atoms with Gasteiger partial charge >= 0.3 is 0 Å². The van der Waals surface area contributed by atoms with Crippen molar-refractivity contribution < 1.29 is 23.4 Å². The molecule has 132 valence electrons. The summed E-state index contributed by atoms with van der Waals surface area (Å²) in [6.45, 7) is 4.12. The van der Waals surface area contributed by atoms with Crippen molar-refractivity contribution in [3.63, 3.8) is 0 Å². The number of ether oxygens (including phenoxy) is 3. The van der Waals surface area contributed by atoms with Crippen molar-refractivity contribution in [2.24, 2.45) is 0 Å². The fourth-order valence-corrected chi connectivity index (χ4v) is 2.70. The molecule has 1 amide bonds. The highest BCUT2D eigenvalue weighted by Gasteiger charge is 2.22. The minimum atomic E-state index is -0.415. The molecule has 0 aromatic heterocycles. The van der Waals surface area contributed by atoms with E-state index in [0.717, 1.165) is 17.7 Å². The SMILES string of the molecule is CCOc1cc2c(cc1NC(=O)COc1cccc(F)c1)O[C@@H](C)C2. The van der Waals surface area contributed by atoms with Gasteiger partial charge in [0.2, 0.25) is 0 Å². The summed E-state index contributed by atoms with van der Waals surface area (Å²) in [5.74, 6) is 0.860. The number of anilines is 1. The molecular formula is C19H20FNO4. The molecule has 1 heterocycles. The van der Waals surface area contributed by atoms with Gasteiger partial charge in [0, 0.05) is 24.1 Å². The first-order valence-electron chi connectivity index (χ1n) is 8.19. The minimum absolute atomic E-state index is 0.103. The third-order valence-electron chi connectivity index (χ3n) is 3.74. The van der Waals surface area contributed by atoms with E-state index in [9.17, 15) is 9.18 Å². The molecule has 1 atom stereocenters. The summed E-state index contributed by atoms with van der Waals surface area (Å²) in [6, 6.07) is 9.31. The van der Waals surface area contributed by atoms with Crippen molar-refractivity contribution in [2.45, 2.75) is 26.4 Å². The maximum absolute atomic E-state index is 13.1. The monoisotopic (exact) mass is 345 g/mol. The molecule has 2 aromatic rings. The van der Waals surface area contributed by atoms with Crippen molar-refractivity contribution in [3.05, 3.63) is 47.8 Å². The van der Waals surface area contributed by atoms with Gasteiger partial charge in [0.05, 0.1) is 12.3 Å². The minimum Gasteiger partial charge on any atom is -0.492 e. The molecule has 2 aromatic carbocycles. The first-order valence-corrected chi connectivity index (χ1v) is 8.19. The van der Waals surface area contributed by atoms with Gasteiger partial charge in [-0.1, -0.05) is 6.07 Å². The van der Waals surface area contributed by atoms with Gasteiger partial charge in [0.15, 0.2) is 6.61 Å². The van der Waals surface area contributed by atoms with Gasteiger partial charge in [-0.3, -0.25) is 4.79 Å². The van der Waals surface area contributed by atoms with E-state index in [1.165, 1.54) is 18.2 Å². The molecule has 25 heavy (non-hydrogen) atoms. The quantitative estimate of drug-likeness (QED) is 0.870. The Morgan fingerprint density at radius 2 is 2.16 bits per heavy atom. The Labute approximate surface area is 145 Å². The summed E-state index contributed by atoms with van der Waals surface area (Å²) in [4.78, 5) is 12.2. The molecule has 6 heteroatoms. The second-order valence-corrected chi connectivity index (χ2v) is 5.82. The van der Waals surface area contributed by atoms with E-state index in [4.69, 9.17) is 14.2 Å². The Morgan fingerprint density at radius 3 is 2.92 bits per heavy atom. The van der Waals surface area contributed by atoms with E-state index in [1.807, 2.05) is 19.9 Å². The zero-order valence-electron chi connectivity index (χ0n) is 14.2. The first kappa shape index (κ1) is 17.1. The third kappa shape index (κ3) is 4.21. The van der Waals surface area contributed by atoms with Crippen LogP contribution in [0.1, 0.15) is 19.4 Å². The highest BCUT2D eigenvalue weighted by Crippen LogP contribution is 2.38. The molecule has 0 spiro atoms. The van der Waals surface area contributed by atoms with E-state index in [1.54, 1.807) is 12.1 Å². The predicted molar refractivity (Wildman–Crippen MR) is 91.9 cm³/mol. The zero-order valence-corrected chi connectivity index (χ0v) is 14.2. The van der Waals surface area contributed by atoms with Crippen LogP contribution in [-0.2, 0) is 11.2 Å². The Balaban J connectivity index is 1.69.